The van der Waals surface area contributed by atoms with E-state index in [4.69, 9.17) is 21.1 Å². The molecule has 0 aromatic heterocycles. The summed E-state index contributed by atoms with van der Waals surface area (Å²) in [4.78, 5) is 58.2. The molecule has 5 rings (SSSR count). The van der Waals surface area contributed by atoms with E-state index in [2.05, 4.69) is 18.5 Å². The molecule has 3 aliphatic rings. The van der Waals surface area contributed by atoms with Gasteiger partial charge in [0.2, 0.25) is 11.8 Å². The minimum atomic E-state index is -1.22. The van der Waals surface area contributed by atoms with E-state index in [1.165, 1.54) is 4.90 Å². The highest BCUT2D eigenvalue weighted by Gasteiger charge is 2.74. The van der Waals surface area contributed by atoms with Crippen LogP contribution in [0.2, 0.25) is 5.02 Å². The first-order valence-corrected chi connectivity index (χ1v) is 16.0. The number of rotatable bonds is 15. The van der Waals surface area contributed by atoms with Crippen molar-refractivity contribution >= 4 is 41.0 Å². The van der Waals surface area contributed by atoms with Crippen molar-refractivity contribution in [3.8, 4) is 0 Å². The van der Waals surface area contributed by atoms with Gasteiger partial charge < -0.3 is 29.7 Å². The Morgan fingerprint density at radius 3 is 2.57 bits per heavy atom. The number of aliphatic hydroxyl groups is 1. The van der Waals surface area contributed by atoms with E-state index in [1.807, 2.05) is 30.3 Å². The molecule has 3 amide bonds. The monoisotopic (exact) mass is 649 g/mol. The third kappa shape index (κ3) is 6.47. The maximum absolute atomic E-state index is 14.5. The first kappa shape index (κ1) is 33.4. The van der Waals surface area contributed by atoms with Crippen molar-refractivity contribution < 1.29 is 33.8 Å². The molecule has 3 fully saturated rings. The lowest BCUT2D eigenvalue weighted by Crippen LogP contribution is -2.56. The Morgan fingerprint density at radius 2 is 1.89 bits per heavy atom. The first-order valence-electron chi connectivity index (χ1n) is 15.6. The van der Waals surface area contributed by atoms with Crippen LogP contribution < -0.4 is 10.2 Å². The smallest absolute Gasteiger partial charge is 0.306 e. The molecule has 11 heteroatoms. The number of ether oxygens (including phenoxy) is 2. The summed E-state index contributed by atoms with van der Waals surface area (Å²) in [7, 11) is 0. The highest BCUT2D eigenvalue weighted by molar-refractivity contribution is 6.30. The average molecular weight is 650 g/mol. The Morgan fingerprint density at radius 1 is 1.15 bits per heavy atom. The van der Waals surface area contributed by atoms with Crippen LogP contribution in [0.5, 0.6) is 0 Å². The summed E-state index contributed by atoms with van der Waals surface area (Å²) in [5, 5.41) is 13.2. The number of nitrogens with one attached hydrogen (secondary N) is 1. The predicted molar refractivity (Wildman–Crippen MR) is 173 cm³/mol. The summed E-state index contributed by atoms with van der Waals surface area (Å²) in [5.74, 6) is -3.28. The van der Waals surface area contributed by atoms with Crippen LogP contribution in [-0.4, -0.2) is 77.7 Å². The number of carbonyl (C=O) groups is 4. The predicted octanol–water partition coefficient (Wildman–Crippen LogP) is 3.98. The van der Waals surface area contributed by atoms with Crippen LogP contribution in [0, 0.1) is 11.8 Å². The van der Waals surface area contributed by atoms with E-state index < -0.39 is 47.5 Å². The van der Waals surface area contributed by atoms with Crippen LogP contribution in [0.15, 0.2) is 79.9 Å². The summed E-state index contributed by atoms with van der Waals surface area (Å²) in [6.07, 6.45) is 4.50. The number of hydrogen-bond donors (Lipinski definition) is 2. The van der Waals surface area contributed by atoms with Crippen molar-refractivity contribution in [3.05, 3.63) is 90.5 Å². The highest BCUT2D eigenvalue weighted by atomic mass is 35.5. The fourth-order valence-corrected chi connectivity index (χ4v) is 7.20. The molecule has 0 unspecified atom stereocenters. The van der Waals surface area contributed by atoms with Gasteiger partial charge in [-0.1, -0.05) is 54.1 Å². The lowest BCUT2D eigenvalue weighted by atomic mass is 9.70. The SMILES string of the molecule is C=CCCC(=O)OC[C@@H](NC(=O)[C@@H]1[C@@H]2CC[C@]3(O2)[C@H](C(=O)N(CC=C)c2ccc(Cl)cc2)N(CCCO)C(=O)[C@@H]13)c1ccccc1. The molecule has 2 aromatic rings. The van der Waals surface area contributed by atoms with Crippen molar-refractivity contribution in [3.63, 3.8) is 0 Å². The van der Waals surface area contributed by atoms with Crippen molar-refractivity contribution in [2.75, 3.05) is 31.2 Å². The Balaban J connectivity index is 1.44. The second-order valence-corrected chi connectivity index (χ2v) is 12.3. The van der Waals surface area contributed by atoms with Gasteiger partial charge in [-0.25, -0.2) is 0 Å². The number of fused-ring (bicyclic) bond motifs is 1. The lowest BCUT2D eigenvalue weighted by Gasteiger charge is -2.36. The average Bonchev–Trinajstić information content (AvgIpc) is 3.71. The van der Waals surface area contributed by atoms with Crippen molar-refractivity contribution in [1.82, 2.24) is 10.2 Å². The van der Waals surface area contributed by atoms with Crippen LogP contribution >= 0.6 is 11.6 Å². The summed E-state index contributed by atoms with van der Waals surface area (Å²) in [6.45, 7) is 7.50. The molecule has 3 saturated heterocycles. The summed E-state index contributed by atoms with van der Waals surface area (Å²) in [6, 6.07) is 14.3. The Kier molecular flexibility index (Phi) is 10.6. The molecule has 0 radical (unpaired) electrons. The van der Waals surface area contributed by atoms with Gasteiger partial charge in [0, 0.05) is 36.8 Å². The van der Waals surface area contributed by atoms with Gasteiger partial charge in [-0.2, -0.15) is 0 Å². The molecule has 3 aliphatic heterocycles. The van der Waals surface area contributed by atoms with Crippen LogP contribution in [0.1, 0.15) is 43.7 Å². The number of benzene rings is 2. The molecule has 10 nitrogen and oxygen atoms in total. The van der Waals surface area contributed by atoms with E-state index >= 15 is 0 Å². The van der Waals surface area contributed by atoms with Crippen LogP contribution in [0.25, 0.3) is 0 Å². The molecule has 46 heavy (non-hydrogen) atoms. The second kappa shape index (κ2) is 14.6. The molecular weight excluding hydrogens is 610 g/mol. The molecule has 1 spiro atoms. The number of anilines is 1. The number of amides is 3. The third-order valence-corrected chi connectivity index (χ3v) is 9.34. The van der Waals surface area contributed by atoms with Gasteiger partial charge in [0.05, 0.1) is 24.0 Å². The molecule has 0 saturated carbocycles. The standard InChI is InChI=1S/C35H40ClN3O7/c1-3-5-12-28(41)45-22-26(23-10-7-6-8-11-23)37-32(42)29-27-17-18-35(46-27)30(29)33(43)39(20-9-21-40)31(35)34(44)38(19-4-2)25-15-13-24(36)14-16-25/h3-4,6-8,10-11,13-16,26-27,29-31,40H,1-2,5,9,12,17-22H2,(H,37,42)/t26-,27+,29-,30-,31+,35-/m1/s1. The maximum atomic E-state index is 14.5. The fraction of sp³-hybridized carbons (Fsp3) is 0.429. The first-order chi connectivity index (χ1) is 22.2. The molecule has 244 valence electrons. The van der Waals surface area contributed by atoms with E-state index in [-0.39, 0.29) is 51.0 Å². The van der Waals surface area contributed by atoms with Crippen molar-refractivity contribution in [1.29, 1.82) is 0 Å². The molecular formula is C35H40ClN3O7. The normalized spacial score (nSPS) is 25.1. The minimum absolute atomic E-state index is 0.0882. The number of carbonyl (C=O) groups excluding carboxylic acids is 4. The molecule has 2 bridgehead atoms. The Hall–Kier alpha value is -3.99. The zero-order chi connectivity index (χ0) is 32.8. The molecule has 2 N–H and O–H groups in total. The van der Waals surface area contributed by atoms with E-state index in [9.17, 15) is 24.3 Å². The summed E-state index contributed by atoms with van der Waals surface area (Å²) < 4.78 is 12.1. The van der Waals surface area contributed by atoms with Gasteiger partial charge >= 0.3 is 5.97 Å². The fourth-order valence-electron chi connectivity index (χ4n) is 7.08. The van der Waals surface area contributed by atoms with Crippen molar-refractivity contribution in [2.24, 2.45) is 11.8 Å². The van der Waals surface area contributed by atoms with Gasteiger partial charge in [-0.05, 0) is 55.5 Å². The van der Waals surface area contributed by atoms with E-state index in [0.717, 1.165) is 5.56 Å². The van der Waals surface area contributed by atoms with Gasteiger partial charge in [0.1, 0.15) is 18.2 Å². The number of likely N-dealkylation sites (tertiary alicyclic amines) is 1. The largest absolute Gasteiger partial charge is 0.463 e. The molecule has 0 aliphatic carbocycles. The van der Waals surface area contributed by atoms with E-state index in [1.54, 1.807) is 41.3 Å². The summed E-state index contributed by atoms with van der Waals surface area (Å²) in [5.41, 5.74) is 0.102. The van der Waals surface area contributed by atoms with Gasteiger partial charge in [0.25, 0.3) is 5.91 Å². The van der Waals surface area contributed by atoms with Crippen LogP contribution in [0.4, 0.5) is 5.69 Å². The lowest BCUT2D eigenvalue weighted by molar-refractivity contribution is -0.146. The third-order valence-electron chi connectivity index (χ3n) is 9.09. The Labute approximate surface area is 274 Å². The molecule has 2 aromatic carbocycles. The second-order valence-electron chi connectivity index (χ2n) is 11.9. The topological polar surface area (TPSA) is 125 Å². The van der Waals surface area contributed by atoms with Crippen LogP contribution in [-0.2, 0) is 28.7 Å². The van der Waals surface area contributed by atoms with Gasteiger partial charge in [-0.3, -0.25) is 19.2 Å². The zero-order valence-electron chi connectivity index (χ0n) is 25.7. The van der Waals surface area contributed by atoms with Crippen molar-refractivity contribution in [2.45, 2.75) is 55.9 Å². The maximum Gasteiger partial charge on any atom is 0.306 e. The number of aliphatic hydroxyl groups excluding tert-OH is 1. The van der Waals surface area contributed by atoms with Gasteiger partial charge in [-0.15, -0.1) is 13.2 Å². The minimum Gasteiger partial charge on any atom is -0.463 e. The molecule has 6 atom stereocenters. The number of nitrogens with zero attached hydrogens (tertiary/aromatic N) is 2. The number of hydrogen-bond acceptors (Lipinski definition) is 7. The Bertz CT molecular complexity index is 1450. The quantitative estimate of drug-likeness (QED) is 0.221. The van der Waals surface area contributed by atoms with E-state index in [0.29, 0.717) is 30.0 Å². The highest BCUT2D eigenvalue weighted by Crippen LogP contribution is 2.58. The van der Waals surface area contributed by atoms with Gasteiger partial charge in [0.15, 0.2) is 0 Å². The summed E-state index contributed by atoms with van der Waals surface area (Å²) >= 11 is 6.11. The molecule has 3 heterocycles. The van der Waals surface area contributed by atoms with Crippen LogP contribution in [0.3, 0.4) is 0 Å². The zero-order valence-corrected chi connectivity index (χ0v) is 26.4. The number of allylic oxidation sites excluding steroid dienone is 1. The number of esters is 1. The number of halogens is 1.